The Kier molecular flexibility index (Phi) is 6.95. The van der Waals surface area contributed by atoms with Gasteiger partial charge in [0.25, 0.3) is 0 Å². The second-order valence-electron chi connectivity index (χ2n) is 7.77. The van der Waals surface area contributed by atoms with E-state index >= 15 is 0 Å². The number of halogens is 1. The molecule has 9 heteroatoms. The van der Waals surface area contributed by atoms with E-state index in [1.807, 2.05) is 17.2 Å². The van der Waals surface area contributed by atoms with Crippen LogP contribution in [-0.4, -0.2) is 48.3 Å². The van der Waals surface area contributed by atoms with Gasteiger partial charge in [-0.15, -0.1) is 0 Å². The summed E-state index contributed by atoms with van der Waals surface area (Å²) >= 11 is 1.39. The summed E-state index contributed by atoms with van der Waals surface area (Å²) in [5.41, 5.74) is 2.25. The minimum Gasteiger partial charge on any atom is -0.466 e. The van der Waals surface area contributed by atoms with Gasteiger partial charge in [0.1, 0.15) is 5.82 Å². The molecule has 0 aromatic heterocycles. The third-order valence-electron chi connectivity index (χ3n) is 5.69. The topological polar surface area (TPSA) is 80.2 Å². The number of hydrogen-bond acceptors (Lipinski definition) is 7. The molecule has 1 amide bonds. The van der Waals surface area contributed by atoms with Crippen LogP contribution in [0.25, 0.3) is 0 Å². The monoisotopic (exact) mass is 459 g/mol. The molecule has 0 radical (unpaired) electrons. The standard InChI is InChI=1S/C23H26FN3O4S/c1-3-18-20(22(29)30-2)21(14-6-4-7-15(24)10-14)27-16(13-32-23(27)26-18)11-19(28)25-12-17-8-5-9-31-17/h4,6-7,10,13,17,21H,3,5,8-9,11-12H2,1-2H3,(H,25,28). The van der Waals surface area contributed by atoms with Crippen LogP contribution in [0.5, 0.6) is 0 Å². The van der Waals surface area contributed by atoms with Crippen LogP contribution in [0.2, 0.25) is 0 Å². The molecule has 0 saturated carbocycles. The first-order valence-corrected chi connectivity index (χ1v) is 11.6. The first kappa shape index (κ1) is 22.5. The predicted molar refractivity (Wildman–Crippen MR) is 120 cm³/mol. The molecule has 4 rings (SSSR count). The van der Waals surface area contributed by atoms with E-state index in [2.05, 4.69) is 10.3 Å². The van der Waals surface area contributed by atoms with Crippen molar-refractivity contribution < 1.29 is 23.5 Å². The number of amidine groups is 1. The van der Waals surface area contributed by atoms with Crippen molar-refractivity contribution >= 4 is 28.8 Å². The van der Waals surface area contributed by atoms with Crippen LogP contribution in [0.15, 0.2) is 51.6 Å². The Morgan fingerprint density at radius 2 is 2.25 bits per heavy atom. The number of allylic oxidation sites excluding steroid dienone is 1. The number of nitrogens with one attached hydrogen (secondary N) is 1. The highest BCUT2D eigenvalue weighted by atomic mass is 32.2. The molecule has 3 aliphatic heterocycles. The maximum Gasteiger partial charge on any atom is 0.338 e. The molecular formula is C23H26FN3O4S. The second kappa shape index (κ2) is 9.87. The van der Waals surface area contributed by atoms with E-state index in [1.54, 1.807) is 12.1 Å². The lowest BCUT2D eigenvalue weighted by atomic mass is 9.93. The number of ether oxygens (including phenoxy) is 2. The van der Waals surface area contributed by atoms with E-state index in [4.69, 9.17) is 9.47 Å². The van der Waals surface area contributed by atoms with E-state index in [0.29, 0.717) is 40.7 Å². The Morgan fingerprint density at radius 1 is 1.41 bits per heavy atom. The molecule has 1 aromatic rings. The van der Waals surface area contributed by atoms with Gasteiger partial charge in [-0.2, -0.15) is 0 Å². The van der Waals surface area contributed by atoms with Gasteiger partial charge >= 0.3 is 5.97 Å². The fourth-order valence-corrected chi connectivity index (χ4v) is 5.10. The molecule has 0 spiro atoms. The zero-order chi connectivity index (χ0) is 22.7. The largest absolute Gasteiger partial charge is 0.466 e. The first-order chi connectivity index (χ1) is 15.5. The van der Waals surface area contributed by atoms with Crippen LogP contribution in [0.1, 0.15) is 44.2 Å². The van der Waals surface area contributed by atoms with Crippen LogP contribution in [-0.2, 0) is 19.1 Å². The summed E-state index contributed by atoms with van der Waals surface area (Å²) in [6.07, 6.45) is 2.63. The Morgan fingerprint density at radius 3 is 2.94 bits per heavy atom. The number of benzene rings is 1. The quantitative estimate of drug-likeness (QED) is 0.627. The number of hydrogen-bond donors (Lipinski definition) is 1. The number of carbonyl (C=O) groups is 2. The van der Waals surface area contributed by atoms with E-state index < -0.39 is 17.8 Å². The summed E-state index contributed by atoms with van der Waals surface area (Å²) in [4.78, 5) is 32.0. The number of nitrogens with zero attached hydrogens (tertiary/aromatic N) is 2. The summed E-state index contributed by atoms with van der Waals surface area (Å²) in [6.45, 7) is 3.11. The Balaban J connectivity index is 1.63. The minimum absolute atomic E-state index is 0.0546. The van der Waals surface area contributed by atoms with E-state index in [9.17, 15) is 14.0 Å². The zero-order valence-electron chi connectivity index (χ0n) is 18.1. The summed E-state index contributed by atoms with van der Waals surface area (Å²) in [6, 6.07) is 5.51. The average Bonchev–Trinajstić information content (AvgIpc) is 3.46. The predicted octanol–water partition coefficient (Wildman–Crippen LogP) is 3.65. The Bertz CT molecular complexity index is 1000. The highest BCUT2D eigenvalue weighted by Crippen LogP contribution is 2.45. The molecule has 0 aliphatic carbocycles. The van der Waals surface area contributed by atoms with Crippen LogP contribution in [0.3, 0.4) is 0 Å². The maximum atomic E-state index is 14.1. The molecule has 170 valence electrons. The van der Waals surface area contributed by atoms with E-state index in [1.165, 1.54) is 31.0 Å². The van der Waals surface area contributed by atoms with Gasteiger partial charge in [-0.1, -0.05) is 30.8 Å². The first-order valence-electron chi connectivity index (χ1n) is 10.7. The number of carbonyl (C=O) groups excluding carboxylic acids is 2. The van der Waals surface area contributed by atoms with Crippen LogP contribution < -0.4 is 5.32 Å². The number of thioether (sulfide) groups is 1. The van der Waals surface area contributed by atoms with Gasteiger partial charge in [0.15, 0.2) is 5.17 Å². The van der Waals surface area contributed by atoms with Gasteiger partial charge in [-0.05, 0) is 42.4 Å². The molecule has 1 N–H and O–H groups in total. The van der Waals surface area contributed by atoms with E-state index in [-0.39, 0.29) is 18.4 Å². The third kappa shape index (κ3) is 4.59. The summed E-state index contributed by atoms with van der Waals surface area (Å²) in [5, 5.41) is 5.46. The summed E-state index contributed by atoms with van der Waals surface area (Å²) in [7, 11) is 1.32. The Hall–Kier alpha value is -2.65. The van der Waals surface area contributed by atoms with Gasteiger partial charge in [-0.25, -0.2) is 14.2 Å². The van der Waals surface area contributed by atoms with Crippen molar-refractivity contribution in [2.24, 2.45) is 4.99 Å². The van der Waals surface area contributed by atoms with Gasteiger partial charge in [0.2, 0.25) is 5.91 Å². The van der Waals surface area contributed by atoms with Crippen LogP contribution >= 0.6 is 11.8 Å². The summed E-state index contributed by atoms with van der Waals surface area (Å²) in [5.74, 6) is -1.06. The maximum absolute atomic E-state index is 14.1. The number of methoxy groups -OCH3 is 1. The molecule has 7 nitrogen and oxygen atoms in total. The normalized spacial score (nSPS) is 22.4. The average molecular weight is 460 g/mol. The molecule has 3 heterocycles. The lowest BCUT2D eigenvalue weighted by molar-refractivity contribution is -0.136. The molecule has 32 heavy (non-hydrogen) atoms. The fraction of sp³-hybridized carbons (Fsp3) is 0.435. The van der Waals surface area contributed by atoms with Gasteiger partial charge < -0.3 is 19.7 Å². The molecule has 1 fully saturated rings. The highest BCUT2D eigenvalue weighted by molar-refractivity contribution is 8.16. The van der Waals surface area contributed by atoms with E-state index in [0.717, 1.165) is 19.4 Å². The van der Waals surface area contributed by atoms with Crippen molar-refractivity contribution in [2.45, 2.75) is 44.8 Å². The Labute approximate surface area is 190 Å². The molecule has 2 unspecified atom stereocenters. The summed E-state index contributed by atoms with van der Waals surface area (Å²) < 4.78 is 24.8. The number of amides is 1. The highest BCUT2D eigenvalue weighted by Gasteiger charge is 2.41. The molecule has 1 aromatic carbocycles. The van der Waals surface area contributed by atoms with Crippen LogP contribution in [0.4, 0.5) is 4.39 Å². The zero-order valence-corrected chi connectivity index (χ0v) is 18.9. The number of fused-ring (bicyclic) bond motifs is 1. The molecule has 0 bridgehead atoms. The lowest BCUT2D eigenvalue weighted by Crippen LogP contribution is -2.39. The number of rotatable bonds is 7. The number of esters is 1. The van der Waals surface area contributed by atoms with Crippen molar-refractivity contribution in [3.63, 3.8) is 0 Å². The van der Waals surface area contributed by atoms with Crippen molar-refractivity contribution in [2.75, 3.05) is 20.3 Å². The lowest BCUT2D eigenvalue weighted by Gasteiger charge is -2.36. The second-order valence-corrected chi connectivity index (χ2v) is 8.61. The van der Waals surface area contributed by atoms with Crippen molar-refractivity contribution in [1.29, 1.82) is 0 Å². The van der Waals surface area contributed by atoms with Crippen molar-refractivity contribution in [3.8, 4) is 0 Å². The molecule has 2 atom stereocenters. The minimum atomic E-state index is -0.632. The molecule has 1 saturated heterocycles. The van der Waals surface area contributed by atoms with Gasteiger partial charge in [0, 0.05) is 18.8 Å². The van der Waals surface area contributed by atoms with Crippen molar-refractivity contribution in [3.05, 3.63) is 58.0 Å². The van der Waals surface area contributed by atoms with Crippen molar-refractivity contribution in [1.82, 2.24) is 10.2 Å². The third-order valence-corrected chi connectivity index (χ3v) is 6.57. The SMILES string of the molecule is CCC1=C(C(=O)OC)C(c2cccc(F)c2)N2C(CC(=O)NCC3CCCO3)=CSC2=N1. The smallest absolute Gasteiger partial charge is 0.338 e. The molecular weight excluding hydrogens is 433 g/mol. The number of aliphatic imine (C=N–C) groups is 1. The van der Waals surface area contributed by atoms with Gasteiger partial charge in [0.05, 0.1) is 36.9 Å². The van der Waals surface area contributed by atoms with Gasteiger partial charge in [-0.3, -0.25) is 4.79 Å². The molecule has 3 aliphatic rings. The van der Waals surface area contributed by atoms with Crippen LogP contribution in [0, 0.1) is 5.82 Å². The fourth-order valence-electron chi connectivity index (χ4n) is 4.16.